The topological polar surface area (TPSA) is 82.2 Å². The molecular weight excluding hydrogens is 394 g/mol. The normalized spacial score (nSPS) is 17.1. The maximum Gasteiger partial charge on any atom is 0.293 e. The van der Waals surface area contributed by atoms with Gasteiger partial charge in [-0.05, 0) is 31.0 Å². The Balaban J connectivity index is 1.61. The van der Waals surface area contributed by atoms with Crippen LogP contribution in [-0.4, -0.2) is 56.7 Å². The third-order valence-corrected chi connectivity index (χ3v) is 5.61. The Morgan fingerprint density at radius 1 is 1.24 bits per heavy atom. The van der Waals surface area contributed by atoms with Crippen LogP contribution in [-0.2, 0) is 16.1 Å². The number of fused-ring (bicyclic) bond motifs is 1. The molecule has 8 nitrogen and oxygen atoms in total. The van der Waals surface area contributed by atoms with Gasteiger partial charge in [-0.15, -0.1) is 0 Å². The van der Waals surface area contributed by atoms with E-state index in [1.54, 1.807) is 27.9 Å². The van der Waals surface area contributed by atoms with E-state index in [9.17, 15) is 9.59 Å². The lowest BCUT2D eigenvalue weighted by Crippen LogP contribution is -2.44. The van der Waals surface area contributed by atoms with E-state index in [1.165, 1.54) is 4.68 Å². The number of hydrogen-bond acceptors (Lipinski definition) is 5. The first-order valence-electron chi connectivity index (χ1n) is 9.72. The van der Waals surface area contributed by atoms with E-state index in [0.717, 1.165) is 23.9 Å². The lowest BCUT2D eigenvalue weighted by Gasteiger charge is -2.26. The summed E-state index contributed by atoms with van der Waals surface area (Å²) >= 11 is 6.13. The standard InChI is InChI=1S/C20H20ClN5O3/c21-14-2-1-3-15(10-14)26-19-16(11-22-26)18(13-4-5-13)23-25(20(19)28)12-17(27)24-6-8-29-9-7-24/h1-3,10-11,13H,4-9,12H2. The maximum atomic E-state index is 13.3. The first kappa shape index (κ1) is 18.3. The molecule has 1 aliphatic heterocycles. The first-order valence-corrected chi connectivity index (χ1v) is 10.1. The fourth-order valence-electron chi connectivity index (χ4n) is 3.70. The zero-order valence-corrected chi connectivity index (χ0v) is 16.5. The van der Waals surface area contributed by atoms with Crippen molar-refractivity contribution >= 4 is 28.4 Å². The van der Waals surface area contributed by atoms with Gasteiger partial charge in [-0.3, -0.25) is 9.59 Å². The molecule has 3 heterocycles. The molecule has 0 atom stereocenters. The highest BCUT2D eigenvalue weighted by atomic mass is 35.5. The molecule has 0 unspecified atom stereocenters. The van der Waals surface area contributed by atoms with Crippen LogP contribution < -0.4 is 5.56 Å². The van der Waals surface area contributed by atoms with Crippen molar-refractivity contribution < 1.29 is 9.53 Å². The second-order valence-corrected chi connectivity index (χ2v) is 7.85. The minimum atomic E-state index is -0.330. The molecule has 1 aliphatic carbocycles. The molecule has 0 N–H and O–H groups in total. The molecule has 5 rings (SSSR count). The van der Waals surface area contributed by atoms with Crippen molar-refractivity contribution in [2.75, 3.05) is 26.3 Å². The lowest BCUT2D eigenvalue weighted by atomic mass is 10.2. The van der Waals surface area contributed by atoms with E-state index in [-0.39, 0.29) is 18.0 Å². The van der Waals surface area contributed by atoms with Crippen LogP contribution in [0.2, 0.25) is 5.02 Å². The van der Waals surface area contributed by atoms with Gasteiger partial charge in [-0.2, -0.15) is 10.2 Å². The molecule has 0 spiro atoms. The predicted octanol–water partition coefficient (Wildman–Crippen LogP) is 1.97. The SMILES string of the molecule is O=C(Cn1nc(C2CC2)c2cnn(-c3cccc(Cl)c3)c2c1=O)N1CCOCC1. The summed E-state index contributed by atoms with van der Waals surface area (Å²) in [5, 5.41) is 10.3. The zero-order valence-electron chi connectivity index (χ0n) is 15.8. The van der Waals surface area contributed by atoms with Crippen LogP contribution in [0.4, 0.5) is 0 Å². The smallest absolute Gasteiger partial charge is 0.293 e. The van der Waals surface area contributed by atoms with Gasteiger partial charge in [0.15, 0.2) is 0 Å². The zero-order chi connectivity index (χ0) is 20.0. The van der Waals surface area contributed by atoms with E-state index in [2.05, 4.69) is 10.2 Å². The third kappa shape index (κ3) is 3.42. The van der Waals surface area contributed by atoms with Gasteiger partial charge in [0, 0.05) is 29.4 Å². The molecular formula is C20H20ClN5O3. The quantitative estimate of drug-likeness (QED) is 0.653. The summed E-state index contributed by atoms with van der Waals surface area (Å²) in [6, 6.07) is 7.19. The summed E-state index contributed by atoms with van der Waals surface area (Å²) in [4.78, 5) is 27.7. The van der Waals surface area contributed by atoms with Crippen molar-refractivity contribution in [1.82, 2.24) is 24.5 Å². The van der Waals surface area contributed by atoms with Gasteiger partial charge in [0.25, 0.3) is 5.56 Å². The number of carbonyl (C=O) groups excluding carboxylic acids is 1. The number of morpholine rings is 1. The highest BCUT2D eigenvalue weighted by Crippen LogP contribution is 2.41. The van der Waals surface area contributed by atoms with Crippen LogP contribution in [0.15, 0.2) is 35.3 Å². The van der Waals surface area contributed by atoms with Crippen molar-refractivity contribution in [3.05, 3.63) is 51.5 Å². The molecule has 1 aromatic carbocycles. The molecule has 1 saturated carbocycles. The fourth-order valence-corrected chi connectivity index (χ4v) is 3.89. The predicted molar refractivity (Wildman–Crippen MR) is 108 cm³/mol. The van der Waals surface area contributed by atoms with Gasteiger partial charge >= 0.3 is 0 Å². The van der Waals surface area contributed by atoms with Gasteiger partial charge in [0.05, 0.1) is 30.8 Å². The molecule has 150 valence electrons. The number of nitrogens with zero attached hydrogens (tertiary/aromatic N) is 5. The molecule has 9 heteroatoms. The molecule has 2 fully saturated rings. The molecule has 1 amide bonds. The highest BCUT2D eigenvalue weighted by Gasteiger charge is 2.31. The largest absolute Gasteiger partial charge is 0.378 e. The van der Waals surface area contributed by atoms with Gasteiger partial charge in [-0.25, -0.2) is 9.36 Å². The Labute approximate surface area is 171 Å². The molecule has 0 radical (unpaired) electrons. The van der Waals surface area contributed by atoms with Gasteiger partial charge in [0.1, 0.15) is 12.1 Å². The van der Waals surface area contributed by atoms with Crippen LogP contribution in [0.25, 0.3) is 16.6 Å². The van der Waals surface area contributed by atoms with Gasteiger partial charge in [0.2, 0.25) is 5.91 Å². The minimum absolute atomic E-state index is 0.0881. The van der Waals surface area contributed by atoms with Crippen LogP contribution >= 0.6 is 11.6 Å². The third-order valence-electron chi connectivity index (χ3n) is 5.38. The highest BCUT2D eigenvalue weighted by molar-refractivity contribution is 6.30. The van der Waals surface area contributed by atoms with E-state index >= 15 is 0 Å². The van der Waals surface area contributed by atoms with Crippen LogP contribution in [0.5, 0.6) is 0 Å². The minimum Gasteiger partial charge on any atom is -0.378 e. The summed E-state index contributed by atoms with van der Waals surface area (Å²) in [7, 11) is 0. The molecule has 3 aromatic rings. The summed E-state index contributed by atoms with van der Waals surface area (Å²) in [6.07, 6.45) is 3.74. The molecule has 2 aromatic heterocycles. The number of carbonyl (C=O) groups is 1. The summed E-state index contributed by atoms with van der Waals surface area (Å²) in [5.41, 5.74) is 1.63. The molecule has 0 bridgehead atoms. The van der Waals surface area contributed by atoms with Gasteiger partial charge < -0.3 is 9.64 Å². The Kier molecular flexibility index (Phi) is 4.60. The molecule has 1 saturated heterocycles. The van der Waals surface area contributed by atoms with Crippen LogP contribution in [0.1, 0.15) is 24.5 Å². The fraction of sp³-hybridized carbons (Fsp3) is 0.400. The average Bonchev–Trinajstić information content (AvgIpc) is 3.48. The van der Waals surface area contributed by atoms with E-state index in [0.29, 0.717) is 48.4 Å². The summed E-state index contributed by atoms with van der Waals surface area (Å²) < 4.78 is 8.18. The Morgan fingerprint density at radius 3 is 2.76 bits per heavy atom. The van der Waals surface area contributed by atoms with E-state index in [4.69, 9.17) is 16.3 Å². The summed E-state index contributed by atoms with van der Waals surface area (Å²) in [5.74, 6) is 0.178. The Bertz CT molecular complexity index is 1140. The van der Waals surface area contributed by atoms with Crippen molar-refractivity contribution in [2.45, 2.75) is 25.3 Å². The maximum absolute atomic E-state index is 13.3. The number of amides is 1. The number of halogens is 1. The van der Waals surface area contributed by atoms with E-state index in [1.807, 2.05) is 12.1 Å². The second-order valence-electron chi connectivity index (χ2n) is 7.41. The van der Waals surface area contributed by atoms with Gasteiger partial charge in [-0.1, -0.05) is 17.7 Å². The van der Waals surface area contributed by atoms with E-state index < -0.39 is 0 Å². The number of aromatic nitrogens is 4. The number of ether oxygens (including phenoxy) is 1. The Morgan fingerprint density at radius 2 is 2.03 bits per heavy atom. The number of rotatable bonds is 4. The molecule has 29 heavy (non-hydrogen) atoms. The average molecular weight is 414 g/mol. The van der Waals surface area contributed by atoms with Crippen LogP contribution in [0.3, 0.4) is 0 Å². The number of benzene rings is 1. The Hall–Kier alpha value is -2.71. The first-order chi connectivity index (χ1) is 14.1. The van der Waals surface area contributed by atoms with Crippen LogP contribution in [0, 0.1) is 0 Å². The van der Waals surface area contributed by atoms with Crippen molar-refractivity contribution in [1.29, 1.82) is 0 Å². The van der Waals surface area contributed by atoms with Crippen molar-refractivity contribution in [3.8, 4) is 5.69 Å². The second kappa shape index (κ2) is 7.27. The summed E-state index contributed by atoms with van der Waals surface area (Å²) in [6.45, 7) is 2.01. The molecule has 2 aliphatic rings. The number of hydrogen-bond donors (Lipinski definition) is 0. The van der Waals surface area contributed by atoms with Crippen molar-refractivity contribution in [3.63, 3.8) is 0 Å². The van der Waals surface area contributed by atoms with Crippen molar-refractivity contribution in [2.24, 2.45) is 0 Å². The lowest BCUT2D eigenvalue weighted by molar-refractivity contribution is -0.136. The monoisotopic (exact) mass is 413 g/mol.